The molecule has 1 aromatic carbocycles. The number of aromatic nitrogens is 2. The number of nitrogens with zero attached hydrogens (tertiary/aromatic N) is 2. The minimum Gasteiger partial charge on any atom is -0.496 e. The Morgan fingerprint density at radius 1 is 1.23 bits per heavy atom. The van der Waals surface area contributed by atoms with Crippen LogP contribution >= 0.6 is 0 Å². The van der Waals surface area contributed by atoms with Crippen LogP contribution in [0.1, 0.15) is 25.1 Å². The van der Waals surface area contributed by atoms with Crippen LogP contribution in [0.3, 0.4) is 0 Å². The van der Waals surface area contributed by atoms with E-state index in [1.165, 1.54) is 7.11 Å². The Balaban J connectivity index is 0.00000117. The van der Waals surface area contributed by atoms with Gasteiger partial charge in [-0.1, -0.05) is 19.9 Å². The fourth-order valence-corrected chi connectivity index (χ4v) is 3.02. The number of esters is 1. The van der Waals surface area contributed by atoms with E-state index in [9.17, 15) is 4.79 Å². The highest BCUT2D eigenvalue weighted by Gasteiger charge is 2.18. The van der Waals surface area contributed by atoms with Gasteiger partial charge < -0.3 is 14.0 Å². The number of fused-ring (bicyclic) bond motifs is 1. The fourth-order valence-electron chi connectivity index (χ4n) is 3.02. The van der Waals surface area contributed by atoms with Crippen LogP contribution in [0.2, 0.25) is 0 Å². The number of rotatable bonds is 4. The number of hydrogen-bond donors (Lipinski definition) is 0. The quantitative estimate of drug-likeness (QED) is 0.656. The lowest BCUT2D eigenvalue weighted by Gasteiger charge is -2.10. The number of carbonyl (C=O) groups excluding carboxylic acids is 1. The first kappa shape index (κ1) is 19.5. The second-order valence-corrected chi connectivity index (χ2v) is 5.69. The van der Waals surface area contributed by atoms with Crippen molar-refractivity contribution in [1.29, 1.82) is 0 Å². The minimum atomic E-state index is -0.249. The molecule has 3 aromatic rings. The predicted molar refractivity (Wildman–Crippen MR) is 105 cm³/mol. The van der Waals surface area contributed by atoms with E-state index in [0.717, 1.165) is 39.0 Å². The van der Waals surface area contributed by atoms with E-state index in [0.29, 0.717) is 0 Å². The van der Waals surface area contributed by atoms with E-state index in [-0.39, 0.29) is 12.4 Å². The van der Waals surface area contributed by atoms with Gasteiger partial charge in [0.25, 0.3) is 0 Å². The minimum absolute atomic E-state index is 0.245. The van der Waals surface area contributed by atoms with Crippen LogP contribution in [-0.4, -0.2) is 29.7 Å². The molecule has 0 radical (unpaired) electrons. The lowest BCUT2D eigenvalue weighted by atomic mass is 10.0. The van der Waals surface area contributed by atoms with Gasteiger partial charge >= 0.3 is 5.97 Å². The van der Waals surface area contributed by atoms with Crippen LogP contribution in [0.25, 0.3) is 22.0 Å². The van der Waals surface area contributed by atoms with E-state index in [2.05, 4.69) is 15.6 Å². The van der Waals surface area contributed by atoms with E-state index in [4.69, 9.17) is 9.47 Å². The van der Waals surface area contributed by atoms with Gasteiger partial charge in [-0.15, -0.1) is 0 Å². The summed E-state index contributed by atoms with van der Waals surface area (Å²) in [6.07, 6.45) is 3.81. The van der Waals surface area contributed by atoms with Crippen molar-refractivity contribution in [3.63, 3.8) is 0 Å². The van der Waals surface area contributed by atoms with Crippen molar-refractivity contribution in [2.24, 2.45) is 7.05 Å². The molecule has 0 saturated carbocycles. The van der Waals surface area contributed by atoms with E-state index < -0.39 is 0 Å². The van der Waals surface area contributed by atoms with Gasteiger partial charge in [0, 0.05) is 47.2 Å². The van der Waals surface area contributed by atoms with Gasteiger partial charge in [-0.2, -0.15) is 0 Å². The van der Waals surface area contributed by atoms with Crippen molar-refractivity contribution in [2.45, 2.75) is 27.2 Å². The third kappa shape index (κ3) is 3.57. The molecule has 0 aliphatic heterocycles. The summed E-state index contributed by atoms with van der Waals surface area (Å²) in [5, 5.41) is 1.00. The molecule has 0 saturated heterocycles. The molecule has 26 heavy (non-hydrogen) atoms. The van der Waals surface area contributed by atoms with E-state index >= 15 is 0 Å². The van der Waals surface area contributed by atoms with Gasteiger partial charge in [0.05, 0.1) is 20.6 Å². The monoisotopic (exact) mass is 354 g/mol. The summed E-state index contributed by atoms with van der Waals surface area (Å²) >= 11 is 0. The predicted octanol–water partition coefficient (Wildman–Crippen LogP) is 4.30. The summed E-state index contributed by atoms with van der Waals surface area (Å²) in [7, 11) is 5.05. The molecule has 0 unspecified atom stereocenters. The third-order valence-corrected chi connectivity index (χ3v) is 4.47. The summed E-state index contributed by atoms with van der Waals surface area (Å²) in [6, 6.07) is 7.97. The number of benzene rings is 1. The Bertz CT molecular complexity index is 899. The van der Waals surface area contributed by atoms with Gasteiger partial charge in [0.2, 0.25) is 0 Å². The Morgan fingerprint density at radius 2 is 1.96 bits per heavy atom. The van der Waals surface area contributed by atoms with Crippen molar-refractivity contribution in [3.8, 4) is 16.9 Å². The molecule has 0 N–H and O–H groups in total. The Labute approximate surface area is 154 Å². The maximum Gasteiger partial charge on any atom is 0.310 e. The Kier molecular flexibility index (Phi) is 6.39. The summed E-state index contributed by atoms with van der Waals surface area (Å²) in [6.45, 7) is 6.01. The highest BCUT2D eigenvalue weighted by Crippen LogP contribution is 2.37. The topological polar surface area (TPSA) is 53.4 Å². The van der Waals surface area contributed by atoms with Crippen molar-refractivity contribution < 1.29 is 14.3 Å². The first-order valence-electron chi connectivity index (χ1n) is 8.70. The smallest absolute Gasteiger partial charge is 0.310 e. The van der Waals surface area contributed by atoms with Crippen LogP contribution in [0, 0.1) is 6.92 Å². The van der Waals surface area contributed by atoms with Crippen molar-refractivity contribution in [2.75, 3.05) is 14.2 Å². The van der Waals surface area contributed by atoms with Gasteiger partial charge in [-0.3, -0.25) is 9.78 Å². The number of methoxy groups -OCH3 is 2. The number of hydrogen-bond acceptors (Lipinski definition) is 4. The zero-order chi connectivity index (χ0) is 19.3. The fraction of sp³-hybridized carbons (Fsp3) is 0.333. The third-order valence-electron chi connectivity index (χ3n) is 4.47. The van der Waals surface area contributed by atoms with Crippen molar-refractivity contribution in [1.82, 2.24) is 9.55 Å². The van der Waals surface area contributed by atoms with Crippen LogP contribution in [0.15, 0.2) is 36.7 Å². The van der Waals surface area contributed by atoms with Crippen molar-refractivity contribution >= 4 is 16.9 Å². The van der Waals surface area contributed by atoms with E-state index in [1.54, 1.807) is 13.3 Å². The second-order valence-electron chi connectivity index (χ2n) is 5.69. The zero-order valence-corrected chi connectivity index (χ0v) is 16.3. The lowest BCUT2D eigenvalue weighted by Crippen LogP contribution is -2.05. The maximum absolute atomic E-state index is 11.8. The maximum atomic E-state index is 11.8. The second kappa shape index (κ2) is 8.52. The molecule has 3 rings (SSSR count). The van der Waals surface area contributed by atoms with Gasteiger partial charge in [-0.25, -0.2) is 0 Å². The molecule has 0 aliphatic rings. The van der Waals surface area contributed by atoms with Gasteiger partial charge in [0.15, 0.2) is 0 Å². The largest absolute Gasteiger partial charge is 0.496 e. The normalized spacial score (nSPS) is 10.2. The molecule has 2 heterocycles. The molecule has 0 atom stereocenters. The van der Waals surface area contributed by atoms with Crippen LogP contribution < -0.4 is 4.74 Å². The van der Waals surface area contributed by atoms with Crippen LogP contribution in [0.5, 0.6) is 5.75 Å². The Morgan fingerprint density at radius 3 is 2.54 bits per heavy atom. The number of aryl methyl sites for hydroxylation is 1. The highest BCUT2D eigenvalue weighted by molar-refractivity contribution is 5.94. The van der Waals surface area contributed by atoms with Gasteiger partial charge in [-0.05, 0) is 30.7 Å². The molecule has 0 bridgehead atoms. The number of pyridine rings is 1. The zero-order valence-electron chi connectivity index (χ0n) is 16.3. The molecule has 5 nitrogen and oxygen atoms in total. The van der Waals surface area contributed by atoms with Crippen LogP contribution in [0.4, 0.5) is 0 Å². The van der Waals surface area contributed by atoms with Crippen molar-refractivity contribution in [3.05, 3.63) is 47.9 Å². The highest BCUT2D eigenvalue weighted by atomic mass is 16.5. The molecule has 0 spiro atoms. The molecule has 0 fully saturated rings. The molecule has 0 amide bonds. The summed E-state index contributed by atoms with van der Waals surface area (Å²) in [5.41, 5.74) is 5.02. The molecular weight excluding hydrogens is 328 g/mol. The summed E-state index contributed by atoms with van der Waals surface area (Å²) in [4.78, 5) is 15.9. The first-order valence-corrected chi connectivity index (χ1v) is 8.70. The molecule has 138 valence electrons. The summed E-state index contributed by atoms with van der Waals surface area (Å²) in [5.74, 6) is 0.508. The average molecular weight is 354 g/mol. The first-order chi connectivity index (χ1) is 12.6. The molecule has 5 heteroatoms. The molecular formula is C21H26N2O3. The number of ether oxygens (including phenoxy) is 2. The average Bonchev–Trinajstić information content (AvgIpc) is 2.93. The van der Waals surface area contributed by atoms with Gasteiger partial charge in [0.1, 0.15) is 5.75 Å². The standard InChI is InChI=1S/C19H20N2O3.C2H6/c1-12-14(10-19(22)24-4)16-9-18(23-3)15(8-17(16)21(12)2)13-6-5-7-20-11-13;1-2/h5-9,11H,10H2,1-4H3;1-2H3. The summed E-state index contributed by atoms with van der Waals surface area (Å²) < 4.78 is 12.5. The van der Waals surface area contributed by atoms with Crippen LogP contribution in [-0.2, 0) is 23.0 Å². The Hall–Kier alpha value is -2.82. The SMILES string of the molecule is CC.COC(=O)Cc1c(C)n(C)c2cc(-c3cccnc3)c(OC)cc12. The molecule has 0 aliphatic carbocycles. The lowest BCUT2D eigenvalue weighted by molar-refractivity contribution is -0.139. The molecule has 2 aromatic heterocycles. The number of carbonyl (C=O) groups is 1. The van der Waals surface area contributed by atoms with E-state index in [1.807, 2.05) is 52.2 Å².